The van der Waals surface area contributed by atoms with Gasteiger partial charge in [-0.05, 0) is 6.42 Å². The van der Waals surface area contributed by atoms with Crippen LogP contribution in [0, 0.1) is 5.41 Å². The summed E-state index contributed by atoms with van der Waals surface area (Å²) >= 11 is 0. The molecular weight excluding hydrogens is 140 g/mol. The van der Waals surface area contributed by atoms with Crippen molar-refractivity contribution in [3.05, 3.63) is 0 Å². The first kappa shape index (κ1) is 9.01. The molecule has 0 unspecified atom stereocenters. The van der Waals surface area contributed by atoms with Crippen molar-refractivity contribution in [2.24, 2.45) is 5.41 Å². The fourth-order valence-electron chi connectivity index (χ4n) is 1.42. The van der Waals surface area contributed by atoms with Crippen LogP contribution >= 0.6 is 0 Å². The zero-order chi connectivity index (χ0) is 8.16. The summed E-state index contributed by atoms with van der Waals surface area (Å²) in [5, 5.41) is 0. The van der Waals surface area contributed by atoms with Gasteiger partial charge in [-0.15, -0.1) is 0 Å². The quantitative estimate of drug-likeness (QED) is 0.626. The van der Waals surface area contributed by atoms with Gasteiger partial charge < -0.3 is 9.47 Å². The van der Waals surface area contributed by atoms with Crippen LogP contribution in [-0.2, 0) is 9.47 Å². The van der Waals surface area contributed by atoms with E-state index >= 15 is 0 Å². The summed E-state index contributed by atoms with van der Waals surface area (Å²) in [7, 11) is 0. The second kappa shape index (κ2) is 4.07. The van der Waals surface area contributed by atoms with E-state index in [9.17, 15) is 0 Å². The number of rotatable bonds is 3. The number of unbranched alkanes of at least 4 members (excludes halogenated alkanes) is 1. The average Bonchev–Trinajstić information content (AvgIpc) is 2.03. The summed E-state index contributed by atoms with van der Waals surface area (Å²) in [4.78, 5) is 0. The van der Waals surface area contributed by atoms with Crippen molar-refractivity contribution < 1.29 is 9.47 Å². The molecule has 1 aliphatic heterocycles. The van der Waals surface area contributed by atoms with E-state index in [1.54, 1.807) is 0 Å². The molecule has 0 bridgehead atoms. The maximum absolute atomic E-state index is 5.26. The topological polar surface area (TPSA) is 18.5 Å². The van der Waals surface area contributed by atoms with Crippen LogP contribution in [0.2, 0.25) is 0 Å². The molecule has 1 saturated heterocycles. The van der Waals surface area contributed by atoms with Crippen molar-refractivity contribution in [1.82, 2.24) is 0 Å². The minimum Gasteiger partial charge on any atom is -0.355 e. The second-order valence-electron chi connectivity index (χ2n) is 3.73. The normalized spacial score (nSPS) is 23.5. The molecule has 2 heteroatoms. The summed E-state index contributed by atoms with van der Waals surface area (Å²) in [6.07, 6.45) is 3.77. The van der Waals surface area contributed by atoms with Crippen LogP contribution in [-0.4, -0.2) is 20.0 Å². The van der Waals surface area contributed by atoms with E-state index in [4.69, 9.17) is 9.47 Å². The molecule has 66 valence electrons. The highest BCUT2D eigenvalue weighted by atomic mass is 16.7. The van der Waals surface area contributed by atoms with Crippen LogP contribution in [0.1, 0.15) is 33.1 Å². The highest BCUT2D eigenvalue weighted by molar-refractivity contribution is 4.74. The molecule has 1 fully saturated rings. The summed E-state index contributed by atoms with van der Waals surface area (Å²) < 4.78 is 10.5. The van der Waals surface area contributed by atoms with Gasteiger partial charge in [-0.3, -0.25) is 0 Å². The Morgan fingerprint density at radius 2 is 1.91 bits per heavy atom. The fourth-order valence-corrected chi connectivity index (χ4v) is 1.42. The van der Waals surface area contributed by atoms with Crippen LogP contribution in [0.5, 0.6) is 0 Å². The predicted octanol–water partition coefficient (Wildman–Crippen LogP) is 2.19. The van der Waals surface area contributed by atoms with Crippen LogP contribution in [0.3, 0.4) is 0 Å². The Morgan fingerprint density at radius 1 is 1.27 bits per heavy atom. The van der Waals surface area contributed by atoms with Gasteiger partial charge in [0.25, 0.3) is 0 Å². The SMILES string of the molecule is CCCCC1(C)COCOC1. The van der Waals surface area contributed by atoms with Crippen molar-refractivity contribution in [1.29, 1.82) is 0 Å². The highest BCUT2D eigenvalue weighted by Crippen LogP contribution is 2.27. The lowest BCUT2D eigenvalue weighted by Crippen LogP contribution is -2.34. The van der Waals surface area contributed by atoms with Crippen molar-refractivity contribution >= 4 is 0 Å². The van der Waals surface area contributed by atoms with Crippen molar-refractivity contribution in [2.45, 2.75) is 33.1 Å². The van der Waals surface area contributed by atoms with E-state index in [1.165, 1.54) is 19.3 Å². The van der Waals surface area contributed by atoms with E-state index in [1.807, 2.05) is 0 Å². The molecule has 0 aliphatic carbocycles. The Bertz CT molecular complexity index is 106. The zero-order valence-corrected chi connectivity index (χ0v) is 7.56. The Morgan fingerprint density at radius 3 is 2.45 bits per heavy atom. The first-order chi connectivity index (χ1) is 5.27. The highest BCUT2D eigenvalue weighted by Gasteiger charge is 2.27. The van der Waals surface area contributed by atoms with Crippen molar-refractivity contribution in [2.75, 3.05) is 20.0 Å². The van der Waals surface area contributed by atoms with Crippen LogP contribution in [0.15, 0.2) is 0 Å². The molecule has 0 radical (unpaired) electrons. The fraction of sp³-hybridized carbons (Fsp3) is 1.00. The summed E-state index contributed by atoms with van der Waals surface area (Å²) in [6, 6.07) is 0. The van der Waals surface area contributed by atoms with Gasteiger partial charge in [0.05, 0.1) is 13.2 Å². The molecule has 0 aromatic heterocycles. The largest absolute Gasteiger partial charge is 0.355 e. The van der Waals surface area contributed by atoms with Gasteiger partial charge in [-0.2, -0.15) is 0 Å². The monoisotopic (exact) mass is 158 g/mol. The van der Waals surface area contributed by atoms with Gasteiger partial charge in [-0.1, -0.05) is 26.7 Å². The van der Waals surface area contributed by atoms with Gasteiger partial charge in [0.15, 0.2) is 0 Å². The maximum Gasteiger partial charge on any atom is 0.146 e. The standard InChI is InChI=1S/C9H18O2/c1-3-4-5-9(2)6-10-8-11-7-9/h3-8H2,1-2H3. The predicted molar refractivity (Wildman–Crippen MR) is 44.4 cm³/mol. The minimum atomic E-state index is 0.286. The van der Waals surface area contributed by atoms with E-state index in [2.05, 4.69) is 13.8 Å². The molecule has 0 N–H and O–H groups in total. The van der Waals surface area contributed by atoms with E-state index in [-0.39, 0.29) is 5.41 Å². The van der Waals surface area contributed by atoms with Gasteiger partial charge in [-0.25, -0.2) is 0 Å². The molecule has 11 heavy (non-hydrogen) atoms. The Kier molecular flexibility index (Phi) is 3.34. The Balaban J connectivity index is 2.25. The van der Waals surface area contributed by atoms with Gasteiger partial charge >= 0.3 is 0 Å². The molecule has 1 rings (SSSR count). The van der Waals surface area contributed by atoms with E-state index in [0.29, 0.717) is 6.79 Å². The lowest BCUT2D eigenvalue weighted by molar-refractivity contribution is -0.161. The van der Waals surface area contributed by atoms with Gasteiger partial charge in [0, 0.05) is 5.41 Å². The van der Waals surface area contributed by atoms with Gasteiger partial charge in [0.1, 0.15) is 6.79 Å². The molecule has 0 aromatic carbocycles. The molecule has 0 amide bonds. The van der Waals surface area contributed by atoms with Crippen molar-refractivity contribution in [3.63, 3.8) is 0 Å². The molecule has 0 atom stereocenters. The smallest absolute Gasteiger partial charge is 0.146 e. The Hall–Kier alpha value is -0.0800. The molecule has 1 heterocycles. The molecule has 0 spiro atoms. The molecular formula is C9H18O2. The minimum absolute atomic E-state index is 0.286. The third kappa shape index (κ3) is 2.80. The second-order valence-corrected chi connectivity index (χ2v) is 3.73. The third-order valence-electron chi connectivity index (χ3n) is 2.20. The zero-order valence-electron chi connectivity index (χ0n) is 7.56. The first-order valence-corrected chi connectivity index (χ1v) is 4.42. The molecule has 1 aliphatic rings. The maximum atomic E-state index is 5.26. The lowest BCUT2D eigenvalue weighted by Gasteiger charge is -2.32. The Labute approximate surface area is 68.9 Å². The molecule has 2 nitrogen and oxygen atoms in total. The van der Waals surface area contributed by atoms with Crippen LogP contribution < -0.4 is 0 Å². The lowest BCUT2D eigenvalue weighted by atomic mass is 9.86. The molecule has 0 aromatic rings. The van der Waals surface area contributed by atoms with Crippen LogP contribution in [0.4, 0.5) is 0 Å². The number of hydrogen-bond donors (Lipinski definition) is 0. The number of hydrogen-bond acceptors (Lipinski definition) is 2. The summed E-state index contributed by atoms with van der Waals surface area (Å²) in [5.41, 5.74) is 0.286. The average molecular weight is 158 g/mol. The summed E-state index contributed by atoms with van der Waals surface area (Å²) in [5.74, 6) is 0. The first-order valence-electron chi connectivity index (χ1n) is 4.42. The summed E-state index contributed by atoms with van der Waals surface area (Å²) in [6.45, 7) is 6.68. The van der Waals surface area contributed by atoms with Crippen LogP contribution in [0.25, 0.3) is 0 Å². The van der Waals surface area contributed by atoms with Gasteiger partial charge in [0.2, 0.25) is 0 Å². The number of ether oxygens (including phenoxy) is 2. The van der Waals surface area contributed by atoms with Crippen molar-refractivity contribution in [3.8, 4) is 0 Å². The van der Waals surface area contributed by atoms with E-state index < -0.39 is 0 Å². The molecule has 0 saturated carbocycles. The van der Waals surface area contributed by atoms with E-state index in [0.717, 1.165) is 13.2 Å². The third-order valence-corrected chi connectivity index (χ3v) is 2.20.